The van der Waals surface area contributed by atoms with Crippen LogP contribution >= 0.6 is 0 Å². The number of nitrogen functional groups attached to an aromatic ring is 1. The van der Waals surface area contributed by atoms with Crippen LogP contribution < -0.4 is 16.6 Å². The van der Waals surface area contributed by atoms with Gasteiger partial charge in [0.1, 0.15) is 0 Å². The molecule has 0 aliphatic heterocycles. The van der Waals surface area contributed by atoms with Crippen molar-refractivity contribution in [3.63, 3.8) is 0 Å². The lowest BCUT2D eigenvalue weighted by molar-refractivity contribution is 0.0937. The zero-order chi connectivity index (χ0) is 14.1. The zero-order valence-electron chi connectivity index (χ0n) is 10.9. The predicted molar refractivity (Wildman–Crippen MR) is 70.1 cm³/mol. The number of pyridine rings is 1. The van der Waals surface area contributed by atoms with Crippen molar-refractivity contribution >= 4 is 11.7 Å². The maximum Gasteiger partial charge on any atom is 0.254 e. The number of nitrogens with zero attached hydrogens (tertiary/aromatic N) is 1. The maximum atomic E-state index is 13.7. The van der Waals surface area contributed by atoms with Gasteiger partial charge in [0, 0.05) is 26.0 Å². The van der Waals surface area contributed by atoms with Crippen molar-refractivity contribution in [2.45, 2.75) is 19.8 Å². The number of carbonyl (C=O) groups is 1. The summed E-state index contributed by atoms with van der Waals surface area (Å²) in [6, 6.07) is 1.30. The molecule has 1 heterocycles. The van der Waals surface area contributed by atoms with E-state index < -0.39 is 11.7 Å². The summed E-state index contributed by atoms with van der Waals surface area (Å²) in [6.07, 6.45) is 2.96. The van der Waals surface area contributed by atoms with Gasteiger partial charge in [0.05, 0.1) is 5.56 Å². The molecule has 0 saturated heterocycles. The molecule has 1 aromatic heterocycles. The van der Waals surface area contributed by atoms with Crippen LogP contribution in [0.3, 0.4) is 0 Å². The van der Waals surface area contributed by atoms with Crippen LogP contribution in [0.25, 0.3) is 0 Å². The number of anilines is 1. The summed E-state index contributed by atoms with van der Waals surface area (Å²) in [5.74, 6) is 3.68. The van der Waals surface area contributed by atoms with Crippen molar-refractivity contribution in [1.29, 1.82) is 0 Å². The van der Waals surface area contributed by atoms with Crippen molar-refractivity contribution in [3.05, 3.63) is 23.6 Å². The number of hydrazine groups is 1. The van der Waals surface area contributed by atoms with E-state index in [1.165, 1.54) is 12.3 Å². The molecule has 0 radical (unpaired) electrons. The molecule has 0 aromatic carbocycles. The van der Waals surface area contributed by atoms with Crippen LogP contribution in [0.1, 0.15) is 30.1 Å². The Bertz CT molecular complexity index is 415. The summed E-state index contributed by atoms with van der Waals surface area (Å²) in [6.45, 7) is 3.73. The zero-order valence-corrected chi connectivity index (χ0v) is 10.9. The van der Waals surface area contributed by atoms with Crippen LogP contribution in [-0.2, 0) is 4.74 Å². The normalized spacial score (nSPS) is 10.3. The number of carbonyl (C=O) groups excluding carboxylic acids is 1. The fourth-order valence-electron chi connectivity index (χ4n) is 1.44. The van der Waals surface area contributed by atoms with Gasteiger partial charge < -0.3 is 15.5 Å². The number of amides is 1. The highest BCUT2D eigenvalue weighted by Gasteiger charge is 2.14. The van der Waals surface area contributed by atoms with Gasteiger partial charge in [0.25, 0.3) is 5.91 Å². The van der Waals surface area contributed by atoms with E-state index in [1.54, 1.807) is 0 Å². The summed E-state index contributed by atoms with van der Waals surface area (Å²) >= 11 is 0. The van der Waals surface area contributed by atoms with Gasteiger partial charge in [-0.2, -0.15) is 0 Å². The lowest BCUT2D eigenvalue weighted by Gasteiger charge is -2.08. The highest BCUT2D eigenvalue weighted by Crippen LogP contribution is 2.13. The molecule has 0 bridgehead atoms. The first kappa shape index (κ1) is 15.3. The molecule has 1 rings (SSSR count). The van der Waals surface area contributed by atoms with Gasteiger partial charge in [0.15, 0.2) is 11.6 Å². The van der Waals surface area contributed by atoms with Gasteiger partial charge >= 0.3 is 0 Å². The van der Waals surface area contributed by atoms with Crippen LogP contribution in [0.5, 0.6) is 0 Å². The topological polar surface area (TPSA) is 89.3 Å². The Morgan fingerprint density at radius 2 is 2.32 bits per heavy atom. The molecule has 0 fully saturated rings. The minimum absolute atomic E-state index is 0.0857. The average molecular weight is 270 g/mol. The number of hydrogen-bond acceptors (Lipinski definition) is 5. The van der Waals surface area contributed by atoms with E-state index in [0.29, 0.717) is 26.2 Å². The third-order valence-electron chi connectivity index (χ3n) is 2.37. The smallest absolute Gasteiger partial charge is 0.254 e. The predicted octanol–water partition coefficient (Wildman–Crippen LogP) is 1.05. The standard InChI is InChI=1S/C12H19FN4O2/c1-2-7-19-8-3-5-16-12(18)9-4-6-15-11(17-14)10(9)13/h4,6H,2-3,5,7-8,14H2,1H3,(H,15,17)(H,16,18). The van der Waals surface area contributed by atoms with E-state index in [1.807, 2.05) is 6.92 Å². The molecule has 1 amide bonds. The molecule has 7 heteroatoms. The van der Waals surface area contributed by atoms with Crippen molar-refractivity contribution in [3.8, 4) is 0 Å². The van der Waals surface area contributed by atoms with E-state index >= 15 is 0 Å². The number of rotatable bonds is 8. The van der Waals surface area contributed by atoms with E-state index in [0.717, 1.165) is 6.42 Å². The first-order chi connectivity index (χ1) is 9.20. The van der Waals surface area contributed by atoms with Gasteiger partial charge in [-0.15, -0.1) is 0 Å². The maximum absolute atomic E-state index is 13.7. The number of nitrogens with two attached hydrogens (primary N) is 1. The SMILES string of the molecule is CCCOCCCNC(=O)c1ccnc(NN)c1F. The molecule has 0 aliphatic carbocycles. The van der Waals surface area contributed by atoms with E-state index in [9.17, 15) is 9.18 Å². The lowest BCUT2D eigenvalue weighted by atomic mass is 10.2. The van der Waals surface area contributed by atoms with Gasteiger partial charge in [-0.1, -0.05) is 6.92 Å². The van der Waals surface area contributed by atoms with Gasteiger partial charge in [-0.25, -0.2) is 15.2 Å². The minimum atomic E-state index is -0.760. The van der Waals surface area contributed by atoms with Gasteiger partial charge in [-0.3, -0.25) is 4.79 Å². The second-order valence-corrected chi connectivity index (χ2v) is 3.89. The molecule has 0 unspecified atom stereocenters. The average Bonchev–Trinajstić information content (AvgIpc) is 2.42. The molecule has 0 aliphatic rings. The van der Waals surface area contributed by atoms with Crippen LogP contribution in [-0.4, -0.2) is 30.6 Å². The first-order valence-electron chi connectivity index (χ1n) is 6.17. The fraction of sp³-hybridized carbons (Fsp3) is 0.500. The Morgan fingerprint density at radius 3 is 3.00 bits per heavy atom. The van der Waals surface area contributed by atoms with E-state index in [-0.39, 0.29) is 11.4 Å². The van der Waals surface area contributed by atoms with Crippen LogP contribution in [0.4, 0.5) is 10.2 Å². The quantitative estimate of drug-likeness (QED) is 0.373. The Kier molecular flexibility index (Phi) is 6.76. The van der Waals surface area contributed by atoms with Gasteiger partial charge in [0.2, 0.25) is 0 Å². The lowest BCUT2D eigenvalue weighted by Crippen LogP contribution is -2.27. The largest absolute Gasteiger partial charge is 0.381 e. The molecule has 0 atom stereocenters. The van der Waals surface area contributed by atoms with Crippen molar-refractivity contribution in [1.82, 2.24) is 10.3 Å². The molecule has 1 aromatic rings. The fourth-order valence-corrected chi connectivity index (χ4v) is 1.44. The molecule has 4 N–H and O–H groups in total. The first-order valence-corrected chi connectivity index (χ1v) is 6.17. The highest BCUT2D eigenvalue weighted by atomic mass is 19.1. The molecule has 19 heavy (non-hydrogen) atoms. The Morgan fingerprint density at radius 1 is 1.53 bits per heavy atom. The second kappa shape index (κ2) is 8.39. The van der Waals surface area contributed by atoms with Crippen LogP contribution in [0, 0.1) is 5.82 Å². The number of aromatic nitrogens is 1. The monoisotopic (exact) mass is 270 g/mol. The molecular formula is C12H19FN4O2. The summed E-state index contributed by atoms with van der Waals surface area (Å²) < 4.78 is 19.0. The van der Waals surface area contributed by atoms with Crippen molar-refractivity contribution < 1.29 is 13.9 Å². The number of ether oxygens (including phenoxy) is 1. The molecule has 106 valence electrons. The van der Waals surface area contributed by atoms with Crippen LogP contribution in [0.15, 0.2) is 12.3 Å². The number of halogens is 1. The van der Waals surface area contributed by atoms with E-state index in [2.05, 4.69) is 15.7 Å². The minimum Gasteiger partial charge on any atom is -0.381 e. The third kappa shape index (κ3) is 4.80. The summed E-state index contributed by atoms with van der Waals surface area (Å²) in [7, 11) is 0. The van der Waals surface area contributed by atoms with Crippen molar-refractivity contribution in [2.24, 2.45) is 5.84 Å². The Hall–Kier alpha value is -1.73. The van der Waals surface area contributed by atoms with E-state index in [4.69, 9.17) is 10.6 Å². The molecule has 6 nitrogen and oxygen atoms in total. The van der Waals surface area contributed by atoms with Crippen molar-refractivity contribution in [2.75, 3.05) is 25.2 Å². The van der Waals surface area contributed by atoms with Gasteiger partial charge in [-0.05, 0) is 18.9 Å². The molecular weight excluding hydrogens is 251 g/mol. The Labute approximate surface area is 111 Å². The molecule has 0 saturated carbocycles. The highest BCUT2D eigenvalue weighted by molar-refractivity contribution is 5.95. The summed E-state index contributed by atoms with van der Waals surface area (Å²) in [5.41, 5.74) is 2.01. The molecule has 0 spiro atoms. The second-order valence-electron chi connectivity index (χ2n) is 3.89. The number of nitrogens with one attached hydrogen (secondary N) is 2. The Balaban J connectivity index is 2.41. The number of hydrogen-bond donors (Lipinski definition) is 3. The summed E-state index contributed by atoms with van der Waals surface area (Å²) in [5, 5.41) is 2.61. The van der Waals surface area contributed by atoms with Crippen LogP contribution in [0.2, 0.25) is 0 Å². The third-order valence-corrected chi connectivity index (χ3v) is 2.37. The summed E-state index contributed by atoms with van der Waals surface area (Å²) in [4.78, 5) is 15.4.